The van der Waals surface area contributed by atoms with Crippen LogP contribution in [0.2, 0.25) is 0 Å². The van der Waals surface area contributed by atoms with Gasteiger partial charge in [-0.25, -0.2) is 14.5 Å². The summed E-state index contributed by atoms with van der Waals surface area (Å²) in [5.74, 6) is 0.463. The van der Waals surface area contributed by atoms with E-state index in [-0.39, 0.29) is 5.56 Å². The molecule has 0 spiro atoms. The molecule has 4 aromatic rings. The summed E-state index contributed by atoms with van der Waals surface area (Å²) in [6.07, 6.45) is 1.64. The van der Waals surface area contributed by atoms with E-state index in [2.05, 4.69) is 15.2 Å². The fourth-order valence-corrected chi connectivity index (χ4v) is 2.76. The van der Waals surface area contributed by atoms with Gasteiger partial charge in [-0.3, -0.25) is 9.36 Å². The molecule has 0 atom stereocenters. The summed E-state index contributed by atoms with van der Waals surface area (Å²) in [7, 11) is 0. The molecule has 0 aliphatic carbocycles. The Morgan fingerprint density at radius 3 is 2.77 bits per heavy atom. The standard InChI is InChI=1S/C15H11N5OS/c21-13-11-7-4-8-16-12(11)20-14(17-18-15(20)22)19(13)9-10-5-2-1-3-6-10/h1-8H,9H2,(H,18,22). The monoisotopic (exact) mass is 309 g/mol. The van der Waals surface area contributed by atoms with Crippen LogP contribution >= 0.6 is 12.2 Å². The third-order valence-electron chi connectivity index (χ3n) is 3.55. The van der Waals surface area contributed by atoms with Crippen molar-refractivity contribution in [3.63, 3.8) is 0 Å². The normalized spacial score (nSPS) is 11.3. The number of aromatic nitrogens is 5. The van der Waals surface area contributed by atoms with Gasteiger partial charge < -0.3 is 0 Å². The second-order valence-electron chi connectivity index (χ2n) is 4.92. The largest absolute Gasteiger partial charge is 0.272 e. The van der Waals surface area contributed by atoms with Gasteiger partial charge in [0.15, 0.2) is 5.65 Å². The first-order valence-electron chi connectivity index (χ1n) is 6.74. The highest BCUT2D eigenvalue weighted by Gasteiger charge is 2.14. The molecule has 0 aliphatic rings. The molecule has 0 unspecified atom stereocenters. The number of pyridine rings is 1. The lowest BCUT2D eigenvalue weighted by atomic mass is 10.2. The van der Waals surface area contributed by atoms with Crippen molar-refractivity contribution in [3.8, 4) is 0 Å². The Morgan fingerprint density at radius 2 is 1.95 bits per heavy atom. The van der Waals surface area contributed by atoms with Gasteiger partial charge >= 0.3 is 0 Å². The highest BCUT2D eigenvalue weighted by atomic mass is 32.1. The van der Waals surface area contributed by atoms with Crippen LogP contribution in [0, 0.1) is 4.77 Å². The molecule has 3 heterocycles. The van der Waals surface area contributed by atoms with E-state index in [0.29, 0.717) is 28.1 Å². The topological polar surface area (TPSA) is 68.0 Å². The lowest BCUT2D eigenvalue weighted by Crippen LogP contribution is -2.24. The van der Waals surface area contributed by atoms with Crippen LogP contribution in [0.5, 0.6) is 0 Å². The van der Waals surface area contributed by atoms with E-state index in [9.17, 15) is 4.79 Å². The van der Waals surface area contributed by atoms with Gasteiger partial charge in [0.25, 0.3) is 5.56 Å². The highest BCUT2D eigenvalue weighted by molar-refractivity contribution is 7.71. The highest BCUT2D eigenvalue weighted by Crippen LogP contribution is 2.11. The van der Waals surface area contributed by atoms with Crippen LogP contribution in [0.25, 0.3) is 16.8 Å². The molecule has 108 valence electrons. The van der Waals surface area contributed by atoms with Gasteiger partial charge in [0.05, 0.1) is 11.9 Å². The molecule has 1 aromatic carbocycles. The van der Waals surface area contributed by atoms with E-state index >= 15 is 0 Å². The Labute approximate surface area is 129 Å². The first kappa shape index (κ1) is 12.9. The van der Waals surface area contributed by atoms with Gasteiger partial charge in [-0.15, -0.1) is 5.10 Å². The predicted molar refractivity (Wildman–Crippen MR) is 85.5 cm³/mol. The Bertz CT molecular complexity index is 1090. The summed E-state index contributed by atoms with van der Waals surface area (Å²) in [4.78, 5) is 17.1. The molecule has 22 heavy (non-hydrogen) atoms. The number of aromatic amines is 1. The lowest BCUT2D eigenvalue weighted by molar-refractivity contribution is 0.764. The fourth-order valence-electron chi connectivity index (χ4n) is 2.55. The summed E-state index contributed by atoms with van der Waals surface area (Å²) >= 11 is 5.27. The van der Waals surface area contributed by atoms with Crippen LogP contribution in [0.4, 0.5) is 0 Å². The lowest BCUT2D eigenvalue weighted by Gasteiger charge is -2.09. The van der Waals surface area contributed by atoms with E-state index in [1.54, 1.807) is 27.3 Å². The Morgan fingerprint density at radius 1 is 1.14 bits per heavy atom. The molecule has 1 N–H and O–H groups in total. The first-order valence-corrected chi connectivity index (χ1v) is 7.15. The maximum Gasteiger partial charge on any atom is 0.264 e. The average molecular weight is 309 g/mol. The molecule has 7 heteroatoms. The van der Waals surface area contributed by atoms with Crippen LogP contribution in [-0.2, 0) is 6.54 Å². The van der Waals surface area contributed by atoms with E-state index in [0.717, 1.165) is 5.56 Å². The summed E-state index contributed by atoms with van der Waals surface area (Å²) < 4.78 is 3.71. The zero-order chi connectivity index (χ0) is 15.1. The van der Waals surface area contributed by atoms with E-state index in [4.69, 9.17) is 12.2 Å². The smallest absolute Gasteiger partial charge is 0.264 e. The number of fused-ring (bicyclic) bond motifs is 3. The Hall–Kier alpha value is -2.80. The molecule has 0 saturated heterocycles. The molecule has 0 aliphatic heterocycles. The fraction of sp³-hybridized carbons (Fsp3) is 0.0667. The third kappa shape index (κ3) is 1.86. The maximum absolute atomic E-state index is 12.8. The zero-order valence-electron chi connectivity index (χ0n) is 11.4. The predicted octanol–water partition coefficient (Wildman–Crippen LogP) is 2.15. The van der Waals surface area contributed by atoms with Gasteiger partial charge in [-0.1, -0.05) is 30.3 Å². The molecule has 0 saturated carbocycles. The summed E-state index contributed by atoms with van der Waals surface area (Å²) in [6.45, 7) is 0.424. The van der Waals surface area contributed by atoms with Crippen LogP contribution in [0.15, 0.2) is 53.5 Å². The number of benzene rings is 1. The number of hydrogen-bond acceptors (Lipinski definition) is 4. The van der Waals surface area contributed by atoms with Gasteiger partial charge in [-0.05, 0) is 29.9 Å². The van der Waals surface area contributed by atoms with Gasteiger partial charge in [0.2, 0.25) is 10.5 Å². The summed E-state index contributed by atoms with van der Waals surface area (Å²) in [5, 5.41) is 7.45. The average Bonchev–Trinajstić information content (AvgIpc) is 2.94. The Kier molecular flexibility index (Phi) is 2.87. The van der Waals surface area contributed by atoms with E-state index in [1.807, 2.05) is 30.3 Å². The number of hydrogen-bond donors (Lipinski definition) is 1. The molecule has 0 bridgehead atoms. The Balaban J connectivity index is 2.10. The van der Waals surface area contributed by atoms with Gasteiger partial charge in [0.1, 0.15) is 0 Å². The minimum absolute atomic E-state index is 0.131. The van der Waals surface area contributed by atoms with Crippen molar-refractivity contribution in [2.24, 2.45) is 0 Å². The molecule has 3 aromatic heterocycles. The molecular weight excluding hydrogens is 298 g/mol. The first-order chi connectivity index (χ1) is 10.8. The molecule has 6 nitrogen and oxygen atoms in total. The molecule has 0 fully saturated rings. The SMILES string of the molecule is O=c1c2cccnc2n2c(=S)[nH]nc2n1Cc1ccccc1. The quantitative estimate of drug-likeness (QED) is 0.576. The van der Waals surface area contributed by atoms with Crippen LogP contribution in [-0.4, -0.2) is 24.1 Å². The number of nitrogens with zero attached hydrogens (tertiary/aromatic N) is 4. The summed E-state index contributed by atoms with van der Waals surface area (Å²) in [6, 6.07) is 13.3. The van der Waals surface area contributed by atoms with E-state index in [1.165, 1.54) is 0 Å². The van der Waals surface area contributed by atoms with Crippen molar-refractivity contribution in [1.82, 2.24) is 24.1 Å². The van der Waals surface area contributed by atoms with Crippen LogP contribution in [0.1, 0.15) is 5.56 Å². The summed E-state index contributed by atoms with van der Waals surface area (Å²) in [5.41, 5.74) is 1.41. The van der Waals surface area contributed by atoms with Gasteiger partial charge in [-0.2, -0.15) is 0 Å². The molecule has 0 radical (unpaired) electrons. The number of rotatable bonds is 2. The maximum atomic E-state index is 12.8. The zero-order valence-corrected chi connectivity index (χ0v) is 12.2. The third-order valence-corrected chi connectivity index (χ3v) is 3.83. The van der Waals surface area contributed by atoms with Crippen LogP contribution in [0.3, 0.4) is 0 Å². The van der Waals surface area contributed by atoms with Crippen molar-refractivity contribution in [2.75, 3.05) is 0 Å². The van der Waals surface area contributed by atoms with Gasteiger partial charge in [0, 0.05) is 6.20 Å². The van der Waals surface area contributed by atoms with Crippen molar-refractivity contribution in [3.05, 3.63) is 69.3 Å². The van der Waals surface area contributed by atoms with Crippen molar-refractivity contribution >= 4 is 29.0 Å². The number of H-pyrrole nitrogens is 1. The molecule has 4 rings (SSSR count). The minimum Gasteiger partial charge on any atom is -0.272 e. The van der Waals surface area contributed by atoms with E-state index < -0.39 is 0 Å². The van der Waals surface area contributed by atoms with Crippen molar-refractivity contribution in [2.45, 2.75) is 6.54 Å². The van der Waals surface area contributed by atoms with Crippen molar-refractivity contribution < 1.29 is 0 Å². The second kappa shape index (κ2) is 4.88. The second-order valence-corrected chi connectivity index (χ2v) is 5.30. The van der Waals surface area contributed by atoms with Crippen molar-refractivity contribution in [1.29, 1.82) is 0 Å². The van der Waals surface area contributed by atoms with Crippen LogP contribution < -0.4 is 5.56 Å². The molecular formula is C15H11N5OS. The minimum atomic E-state index is -0.131. The molecule has 0 amide bonds. The number of nitrogens with one attached hydrogen (secondary N) is 1.